The van der Waals surface area contributed by atoms with Crippen molar-refractivity contribution in [1.29, 1.82) is 0 Å². The predicted molar refractivity (Wildman–Crippen MR) is 181 cm³/mol. The van der Waals surface area contributed by atoms with Gasteiger partial charge in [-0.2, -0.15) is 5.10 Å². The summed E-state index contributed by atoms with van der Waals surface area (Å²) in [6, 6.07) is 15.6. The average Bonchev–Trinajstić information content (AvgIpc) is 3.61. The molecular formula is C35H36N10O2. The summed E-state index contributed by atoms with van der Waals surface area (Å²) in [4.78, 5) is 39.5. The molecule has 0 aliphatic heterocycles. The van der Waals surface area contributed by atoms with Gasteiger partial charge in [-0.25, -0.2) is 14.5 Å². The van der Waals surface area contributed by atoms with Gasteiger partial charge in [0.25, 0.3) is 11.5 Å². The Morgan fingerprint density at radius 1 is 1.04 bits per heavy atom. The molecule has 47 heavy (non-hydrogen) atoms. The number of para-hydroxylation sites is 1. The molecule has 0 unspecified atom stereocenters. The molecule has 0 spiro atoms. The number of aryl methyl sites for hydroxylation is 1. The van der Waals surface area contributed by atoms with Crippen LogP contribution >= 0.6 is 0 Å². The number of amides is 1. The zero-order valence-corrected chi connectivity index (χ0v) is 26.8. The zero-order valence-electron chi connectivity index (χ0n) is 26.8. The van der Waals surface area contributed by atoms with Crippen LogP contribution in [-0.2, 0) is 13.5 Å². The molecule has 0 radical (unpaired) electrons. The monoisotopic (exact) mass is 628 g/mol. The number of fused-ring (bicyclic) bond motifs is 2. The Morgan fingerprint density at radius 2 is 1.81 bits per heavy atom. The normalized spacial score (nSPS) is 11.9. The van der Waals surface area contributed by atoms with Gasteiger partial charge >= 0.3 is 0 Å². The Morgan fingerprint density at radius 3 is 2.57 bits per heavy atom. The molecule has 0 saturated heterocycles. The van der Waals surface area contributed by atoms with Crippen molar-refractivity contribution < 1.29 is 4.79 Å². The smallest absolute Gasteiger partial charge is 0.267 e. The first-order valence-corrected chi connectivity index (χ1v) is 15.6. The van der Waals surface area contributed by atoms with E-state index in [1.165, 1.54) is 9.08 Å². The molecule has 1 atom stereocenters. The first-order valence-electron chi connectivity index (χ1n) is 15.6. The summed E-state index contributed by atoms with van der Waals surface area (Å²) >= 11 is 0. The number of rotatable bonds is 9. The minimum atomic E-state index is -0.698. The molecular weight excluding hydrogens is 592 g/mol. The predicted octanol–water partition coefficient (Wildman–Crippen LogP) is 3.52. The highest BCUT2D eigenvalue weighted by molar-refractivity contribution is 6.04. The second kappa shape index (κ2) is 13.3. The summed E-state index contributed by atoms with van der Waals surface area (Å²) in [7, 11) is 1.92. The molecule has 4 aromatic heterocycles. The van der Waals surface area contributed by atoms with Crippen molar-refractivity contribution in [2.45, 2.75) is 33.2 Å². The van der Waals surface area contributed by atoms with Crippen LogP contribution in [0.5, 0.6) is 0 Å². The van der Waals surface area contributed by atoms with Crippen molar-refractivity contribution in [3.05, 3.63) is 112 Å². The molecule has 1 amide bonds. The van der Waals surface area contributed by atoms with Gasteiger partial charge in [-0.05, 0) is 50.3 Å². The minimum absolute atomic E-state index is 0.0494. The van der Waals surface area contributed by atoms with E-state index in [0.29, 0.717) is 33.6 Å². The van der Waals surface area contributed by atoms with Gasteiger partial charge in [0.15, 0.2) is 11.5 Å². The van der Waals surface area contributed by atoms with Gasteiger partial charge in [0.2, 0.25) is 0 Å². The van der Waals surface area contributed by atoms with E-state index in [1.807, 2.05) is 54.2 Å². The fourth-order valence-electron chi connectivity index (χ4n) is 5.73. The lowest BCUT2D eigenvalue weighted by molar-refractivity contribution is 0.0940. The van der Waals surface area contributed by atoms with Crippen molar-refractivity contribution in [1.82, 2.24) is 44.1 Å². The van der Waals surface area contributed by atoms with Crippen LogP contribution in [0.3, 0.4) is 0 Å². The molecule has 4 heterocycles. The van der Waals surface area contributed by atoms with Crippen molar-refractivity contribution in [2.24, 2.45) is 7.05 Å². The molecule has 6 aromatic rings. The quantitative estimate of drug-likeness (QED) is 0.232. The van der Waals surface area contributed by atoms with Gasteiger partial charge in [-0.1, -0.05) is 50.0 Å². The van der Waals surface area contributed by atoms with Gasteiger partial charge in [0.1, 0.15) is 11.4 Å². The number of benzene rings is 2. The van der Waals surface area contributed by atoms with E-state index in [9.17, 15) is 9.59 Å². The number of hydrogen-bond donors (Lipinski definition) is 2. The second-order valence-corrected chi connectivity index (χ2v) is 11.1. The SMILES string of the molecule is CCN(CC)CCc1c(C#Cc2cccc3nc([C@@H](C)NC(=O)c4c(N)nn5cccnc45)n(-c4ccccc4)c(=O)c23)cnn1C. The van der Waals surface area contributed by atoms with Gasteiger partial charge in [-0.15, -0.1) is 5.10 Å². The number of likely N-dealkylation sites (N-methyl/N-ethyl adjacent to an activating group) is 1. The highest BCUT2D eigenvalue weighted by atomic mass is 16.2. The molecule has 0 saturated carbocycles. The zero-order chi connectivity index (χ0) is 33.1. The van der Waals surface area contributed by atoms with E-state index < -0.39 is 11.9 Å². The number of nitrogens with two attached hydrogens (primary N) is 1. The maximum absolute atomic E-state index is 14.4. The number of nitrogen functional groups attached to an aromatic ring is 1. The first-order chi connectivity index (χ1) is 22.8. The van der Waals surface area contributed by atoms with Crippen molar-refractivity contribution in [3.8, 4) is 17.5 Å². The third-order valence-corrected chi connectivity index (χ3v) is 8.27. The molecule has 12 heteroatoms. The molecule has 2 aromatic carbocycles. The van der Waals surface area contributed by atoms with Crippen LogP contribution < -0.4 is 16.6 Å². The molecule has 0 aliphatic rings. The van der Waals surface area contributed by atoms with E-state index in [0.717, 1.165) is 37.3 Å². The number of carbonyl (C=O) groups is 1. The summed E-state index contributed by atoms with van der Waals surface area (Å²) in [6.07, 6.45) is 5.81. The third-order valence-electron chi connectivity index (χ3n) is 8.27. The fourth-order valence-corrected chi connectivity index (χ4v) is 5.73. The van der Waals surface area contributed by atoms with Gasteiger partial charge in [-0.3, -0.25) is 18.8 Å². The van der Waals surface area contributed by atoms with Crippen LogP contribution in [0.2, 0.25) is 0 Å². The lowest BCUT2D eigenvalue weighted by Gasteiger charge is -2.20. The van der Waals surface area contributed by atoms with E-state index >= 15 is 0 Å². The molecule has 0 fully saturated rings. The van der Waals surface area contributed by atoms with Crippen molar-refractivity contribution >= 4 is 28.3 Å². The minimum Gasteiger partial charge on any atom is -0.381 e. The Labute approximate surface area is 271 Å². The number of nitrogens with zero attached hydrogens (tertiary/aromatic N) is 8. The Balaban J connectivity index is 1.42. The van der Waals surface area contributed by atoms with Crippen LogP contribution in [0.15, 0.2) is 78.0 Å². The lowest BCUT2D eigenvalue weighted by atomic mass is 10.1. The lowest BCUT2D eigenvalue weighted by Crippen LogP contribution is -2.33. The highest BCUT2D eigenvalue weighted by Gasteiger charge is 2.25. The summed E-state index contributed by atoms with van der Waals surface area (Å²) in [5, 5.41) is 12.0. The summed E-state index contributed by atoms with van der Waals surface area (Å²) in [5.41, 5.74) is 9.77. The van der Waals surface area contributed by atoms with Crippen LogP contribution in [-0.4, -0.2) is 64.4 Å². The average molecular weight is 629 g/mol. The fraction of sp³-hybridized carbons (Fsp3) is 0.257. The van der Waals surface area contributed by atoms with Crippen LogP contribution in [0.1, 0.15) is 59.8 Å². The van der Waals surface area contributed by atoms with E-state index in [-0.39, 0.29) is 16.9 Å². The topological polar surface area (TPSA) is 141 Å². The number of nitrogens with one attached hydrogen (secondary N) is 1. The Bertz CT molecular complexity index is 2200. The van der Waals surface area contributed by atoms with Gasteiger partial charge in [0, 0.05) is 38.0 Å². The third kappa shape index (κ3) is 6.08. The molecule has 6 rings (SSSR count). The van der Waals surface area contributed by atoms with E-state index in [1.54, 1.807) is 37.6 Å². The summed E-state index contributed by atoms with van der Waals surface area (Å²) < 4.78 is 4.83. The van der Waals surface area contributed by atoms with Crippen LogP contribution in [0, 0.1) is 11.8 Å². The van der Waals surface area contributed by atoms with Crippen molar-refractivity contribution in [2.75, 3.05) is 25.4 Å². The molecule has 12 nitrogen and oxygen atoms in total. The maximum atomic E-state index is 14.4. The maximum Gasteiger partial charge on any atom is 0.267 e. The first kappa shape index (κ1) is 31.2. The van der Waals surface area contributed by atoms with Crippen molar-refractivity contribution in [3.63, 3.8) is 0 Å². The second-order valence-electron chi connectivity index (χ2n) is 11.1. The number of aromatic nitrogens is 7. The van der Waals surface area contributed by atoms with E-state index in [2.05, 4.69) is 51.1 Å². The molecule has 3 N–H and O–H groups in total. The van der Waals surface area contributed by atoms with Gasteiger partial charge in [0.05, 0.1) is 40.1 Å². The molecule has 0 aliphatic carbocycles. The van der Waals surface area contributed by atoms with Crippen LogP contribution in [0.4, 0.5) is 5.82 Å². The summed E-state index contributed by atoms with van der Waals surface area (Å²) in [5.74, 6) is 6.44. The van der Waals surface area contributed by atoms with Gasteiger partial charge < -0.3 is 16.0 Å². The Kier molecular flexibility index (Phi) is 8.81. The summed E-state index contributed by atoms with van der Waals surface area (Å²) in [6.45, 7) is 8.93. The Hall–Kier alpha value is -5.80. The number of anilines is 1. The molecule has 238 valence electrons. The highest BCUT2D eigenvalue weighted by Crippen LogP contribution is 2.22. The number of hydrogen-bond acceptors (Lipinski definition) is 8. The molecule has 0 bridgehead atoms. The van der Waals surface area contributed by atoms with E-state index in [4.69, 9.17) is 10.7 Å². The largest absolute Gasteiger partial charge is 0.381 e. The van der Waals surface area contributed by atoms with Crippen LogP contribution in [0.25, 0.3) is 22.2 Å². The standard InChI is InChI=1S/C35H36N10O2/c1-5-43(6-2)21-18-28-25(22-38-42(28)4)17-16-24-12-10-15-27-29(24)35(47)45(26-13-8-7-9-14-26)32(40-27)23(3)39-34(46)30-31(36)41-44-20-11-19-37-33(30)44/h7-15,19-20,22-23H,5-6,18,21H2,1-4H3,(H2,36,41)(H,39,46)/t23-/m1/s1. The number of carbonyl (C=O) groups excluding carboxylic acids is 1.